The molecule has 324 valence electrons. The Hall–Kier alpha value is -4.70. The van der Waals surface area contributed by atoms with E-state index in [9.17, 15) is 14.4 Å². The number of cyclic esters (lactones) is 1. The zero-order chi connectivity index (χ0) is 43.2. The molecule has 2 N–H and O–H groups in total. The molecule has 3 aromatic heterocycles. The number of esters is 1. The van der Waals surface area contributed by atoms with Crippen molar-refractivity contribution in [1.82, 2.24) is 35.3 Å². The van der Waals surface area contributed by atoms with E-state index in [1.165, 1.54) is 5.01 Å². The van der Waals surface area contributed by atoms with Crippen LogP contribution in [0.3, 0.4) is 0 Å². The Morgan fingerprint density at radius 2 is 1.87 bits per heavy atom. The average Bonchev–Trinajstić information content (AvgIpc) is 3.65. The van der Waals surface area contributed by atoms with Gasteiger partial charge in [-0.05, 0) is 87.4 Å². The van der Waals surface area contributed by atoms with Crippen molar-refractivity contribution in [2.45, 2.75) is 116 Å². The lowest BCUT2D eigenvalue weighted by Crippen LogP contribution is -2.63. The molecule has 9 atom stereocenters. The van der Waals surface area contributed by atoms with Crippen molar-refractivity contribution in [1.29, 1.82) is 0 Å². The maximum atomic E-state index is 14.8. The number of carbonyl (C=O) groups is 3. The van der Waals surface area contributed by atoms with Crippen LogP contribution < -0.4 is 10.7 Å². The largest absolute Gasteiger partial charge is 0.464 e. The van der Waals surface area contributed by atoms with E-state index in [1.54, 1.807) is 43.5 Å². The summed E-state index contributed by atoms with van der Waals surface area (Å²) in [5, 5.41) is 6.32. The summed E-state index contributed by atoms with van der Waals surface area (Å²) in [6.45, 7) is 15.9. The molecule has 0 radical (unpaired) electrons. The van der Waals surface area contributed by atoms with Crippen LogP contribution in [-0.2, 0) is 41.6 Å². The molecule has 1 aromatic carbocycles. The molecule has 61 heavy (non-hydrogen) atoms. The van der Waals surface area contributed by atoms with E-state index in [0.29, 0.717) is 43.2 Å². The summed E-state index contributed by atoms with van der Waals surface area (Å²) < 4.78 is 20.8. The number of nitrogens with one attached hydrogen (secondary N) is 2. The highest BCUT2D eigenvalue weighted by atomic mass is 32.2. The van der Waals surface area contributed by atoms with Crippen LogP contribution in [0, 0.1) is 17.3 Å². The van der Waals surface area contributed by atoms with Crippen LogP contribution >= 0.6 is 11.8 Å². The Balaban J connectivity index is 1.25. The molecule has 1 saturated carbocycles. The molecule has 14 nitrogen and oxygen atoms in total. The second-order valence-corrected chi connectivity index (χ2v) is 18.9. The van der Waals surface area contributed by atoms with Gasteiger partial charge in [0.05, 0.1) is 36.1 Å². The molecule has 6 heterocycles. The number of thioether (sulfide) groups is 1. The van der Waals surface area contributed by atoms with E-state index < -0.39 is 41.4 Å². The van der Waals surface area contributed by atoms with E-state index >= 15 is 0 Å². The van der Waals surface area contributed by atoms with Gasteiger partial charge >= 0.3 is 5.97 Å². The van der Waals surface area contributed by atoms with Gasteiger partial charge in [0.15, 0.2) is 0 Å². The first-order valence-electron chi connectivity index (χ1n) is 21.7. The number of hydrazine groups is 1. The molecule has 3 aliphatic heterocycles. The first-order chi connectivity index (χ1) is 29.3. The summed E-state index contributed by atoms with van der Waals surface area (Å²) in [4.78, 5) is 62.0. The fourth-order valence-corrected chi connectivity index (χ4v) is 10.7. The van der Waals surface area contributed by atoms with Gasteiger partial charge in [0, 0.05) is 78.4 Å². The van der Waals surface area contributed by atoms with Crippen LogP contribution in [0.25, 0.3) is 22.2 Å². The van der Waals surface area contributed by atoms with Gasteiger partial charge in [-0.1, -0.05) is 33.8 Å². The quantitative estimate of drug-likeness (QED) is 0.181. The second-order valence-electron chi connectivity index (χ2n) is 17.5. The average molecular weight is 851 g/mol. The lowest BCUT2D eigenvalue weighted by molar-refractivity contribution is -0.156. The van der Waals surface area contributed by atoms with Crippen molar-refractivity contribution in [3.63, 3.8) is 0 Å². The van der Waals surface area contributed by atoms with Gasteiger partial charge < -0.3 is 24.1 Å². The minimum Gasteiger partial charge on any atom is -0.464 e. The smallest absolute Gasteiger partial charge is 0.324 e. The molecular weight excluding hydrogens is 793 g/mol. The topological polar surface area (TPSA) is 162 Å². The van der Waals surface area contributed by atoms with Crippen molar-refractivity contribution in [3.8, 4) is 11.3 Å². The van der Waals surface area contributed by atoms with Gasteiger partial charge in [-0.25, -0.2) is 15.4 Å². The number of nitrogens with zero attached hydrogens (tertiary/aromatic N) is 6. The Morgan fingerprint density at radius 1 is 1.10 bits per heavy atom. The summed E-state index contributed by atoms with van der Waals surface area (Å²) in [5.74, 6) is -1.10. The summed E-state index contributed by atoms with van der Waals surface area (Å²) in [6, 6.07) is 10.3. The minimum absolute atomic E-state index is 0.00405. The van der Waals surface area contributed by atoms with Crippen LogP contribution in [0.1, 0.15) is 102 Å². The Bertz CT molecular complexity index is 2320. The number of aliphatic imine (C=N–C) groups is 1. The number of carbonyl (C=O) groups excluding carboxylic acids is 3. The molecule has 15 heteroatoms. The lowest BCUT2D eigenvalue weighted by atomic mass is 9.84. The Labute approximate surface area is 362 Å². The van der Waals surface area contributed by atoms with Crippen LogP contribution in [0.15, 0.2) is 60.0 Å². The number of fused-ring (bicyclic) bond motifs is 5. The van der Waals surface area contributed by atoms with Crippen molar-refractivity contribution in [2.75, 3.05) is 26.9 Å². The van der Waals surface area contributed by atoms with Crippen LogP contribution in [0.4, 0.5) is 0 Å². The number of pyridine rings is 1. The van der Waals surface area contributed by atoms with E-state index in [1.807, 2.05) is 26.8 Å². The molecule has 2 unspecified atom stereocenters. The summed E-state index contributed by atoms with van der Waals surface area (Å²) in [6.07, 6.45) is 5.70. The van der Waals surface area contributed by atoms with Gasteiger partial charge in [0.2, 0.25) is 5.91 Å². The summed E-state index contributed by atoms with van der Waals surface area (Å²) in [7, 11) is 1.70. The maximum absolute atomic E-state index is 14.8. The molecular formula is C46H58N8O6S. The van der Waals surface area contributed by atoms with Gasteiger partial charge in [0.1, 0.15) is 29.1 Å². The molecule has 6 bridgehead atoms. The highest BCUT2D eigenvalue weighted by Gasteiger charge is 2.55. The van der Waals surface area contributed by atoms with Crippen LogP contribution in [0.5, 0.6) is 0 Å². The number of aryl methyl sites for hydroxylation is 1. The first-order valence-corrected chi connectivity index (χ1v) is 22.5. The minimum atomic E-state index is -1.13. The number of aromatic nitrogens is 4. The molecule has 4 aromatic rings. The first kappa shape index (κ1) is 43.0. The highest BCUT2D eigenvalue weighted by Crippen LogP contribution is 2.53. The van der Waals surface area contributed by atoms with E-state index in [4.69, 9.17) is 24.2 Å². The molecule has 4 aliphatic rings. The summed E-state index contributed by atoms with van der Waals surface area (Å²) >= 11 is 1.57. The predicted molar refractivity (Wildman–Crippen MR) is 235 cm³/mol. The van der Waals surface area contributed by atoms with Gasteiger partial charge in [0.25, 0.3) is 5.91 Å². The third-order valence-electron chi connectivity index (χ3n) is 12.7. The second kappa shape index (κ2) is 17.6. The SMILES string of the molecule is CCO[C@@H]1C2=NC(c3ccc4c(c3)c(c(-c3cccnc3[C@H](C)OC)n4CC)CC(C)(C)COC(=O)[C@@H]3CCCN(N3)C(=O)[C@H]1NC(=O)[C@@H]1[C@@H](C)[C@H]1c1ncccn1)C(C)S2. The highest BCUT2D eigenvalue weighted by molar-refractivity contribution is 8.14. The molecule has 1 aliphatic carbocycles. The predicted octanol–water partition coefficient (Wildman–Crippen LogP) is 6.36. The molecule has 2 amide bonds. The number of ether oxygens (including phenoxy) is 3. The van der Waals surface area contributed by atoms with Crippen LogP contribution in [0.2, 0.25) is 0 Å². The van der Waals surface area contributed by atoms with Crippen molar-refractivity contribution >= 4 is 45.5 Å². The maximum Gasteiger partial charge on any atom is 0.324 e. The Kier molecular flexibility index (Phi) is 12.4. The molecule has 8 rings (SSSR count). The van der Waals surface area contributed by atoms with E-state index in [2.05, 4.69) is 77.2 Å². The fourth-order valence-electron chi connectivity index (χ4n) is 9.44. The zero-order valence-electron chi connectivity index (χ0n) is 36.4. The third kappa shape index (κ3) is 8.33. The van der Waals surface area contributed by atoms with E-state index in [-0.39, 0.29) is 48.4 Å². The number of rotatable bonds is 9. The number of amides is 2. The van der Waals surface area contributed by atoms with Crippen molar-refractivity contribution < 1.29 is 28.6 Å². The number of hydrogen-bond donors (Lipinski definition) is 2. The standard InChI is InChI=1S/C46H58N8O6S/c1-9-53-33-17-16-28-22-30(33)31(39(53)29-14-11-18-47-36(29)26(4)58-8)23-46(6,7)24-60-45(57)32-15-12-21-54(52-32)44(56)38(40(59-10-2)43-51-37(28)27(5)61-43)50-42(55)35-25(3)34(35)41-48-19-13-20-49-41/h11,13-14,16-20,22,25-27,32,34-35,37-38,40,52H,9-10,12,15,21,23-24H2,1-8H3,(H,50,55)/t25-,26-,27?,32-,34+,35+,37?,38-,40-/m0/s1. The van der Waals surface area contributed by atoms with Crippen molar-refractivity contribution in [3.05, 3.63) is 77.6 Å². The molecule has 1 saturated heterocycles. The molecule has 2 fully saturated rings. The summed E-state index contributed by atoms with van der Waals surface area (Å²) in [5.41, 5.74) is 8.88. The Morgan fingerprint density at radius 3 is 2.61 bits per heavy atom. The normalized spacial score (nSPS) is 28.2. The zero-order valence-corrected chi connectivity index (χ0v) is 37.2. The van der Waals surface area contributed by atoms with Crippen LogP contribution in [-0.4, -0.2) is 97.7 Å². The molecule has 0 spiro atoms. The number of hydrogen-bond acceptors (Lipinski definition) is 12. The number of benzene rings is 1. The van der Waals surface area contributed by atoms with E-state index in [0.717, 1.165) is 39.0 Å². The van der Waals surface area contributed by atoms with Gasteiger partial charge in [-0.2, -0.15) is 0 Å². The lowest BCUT2D eigenvalue weighted by Gasteiger charge is -2.37. The third-order valence-corrected chi connectivity index (χ3v) is 13.9. The number of methoxy groups -OCH3 is 1. The van der Waals surface area contributed by atoms with Gasteiger partial charge in [-0.15, -0.1) is 11.8 Å². The monoisotopic (exact) mass is 850 g/mol. The van der Waals surface area contributed by atoms with Gasteiger partial charge in [-0.3, -0.25) is 29.4 Å². The fraction of sp³-hybridized carbons (Fsp3) is 0.543. The van der Waals surface area contributed by atoms with Crippen molar-refractivity contribution in [2.24, 2.45) is 22.2 Å².